The molecule has 0 atom stereocenters. The van der Waals surface area contributed by atoms with Crippen molar-refractivity contribution in [2.75, 3.05) is 0 Å². The monoisotopic (exact) mass is 263 g/mol. The summed E-state index contributed by atoms with van der Waals surface area (Å²) in [5.41, 5.74) is 0.289. The van der Waals surface area contributed by atoms with Crippen LogP contribution in [-0.2, 0) is 15.9 Å². The second-order valence-corrected chi connectivity index (χ2v) is 4.68. The Morgan fingerprint density at radius 2 is 1.86 bits per heavy atom. The molecule has 0 aliphatic heterocycles. The summed E-state index contributed by atoms with van der Waals surface area (Å²) < 4.78 is 29.6. The minimum atomic E-state index is -4.06. The number of hydrogen-bond donors (Lipinski definition) is 1. The molecule has 1 rings (SSSR count). The van der Waals surface area contributed by atoms with Crippen LogP contribution in [0.5, 0.6) is 0 Å². The summed E-state index contributed by atoms with van der Waals surface area (Å²) >= 11 is 11.3. The van der Waals surface area contributed by atoms with Gasteiger partial charge in [-0.25, -0.2) is 0 Å². The molecule has 0 amide bonds. The molecule has 3 nitrogen and oxygen atoms in total. The zero-order valence-corrected chi connectivity index (χ0v) is 11.7. The summed E-state index contributed by atoms with van der Waals surface area (Å²) in [5, 5.41) is 0.421. The second-order valence-electron chi connectivity index (χ2n) is 2.44. The Morgan fingerprint density at radius 1 is 1.29 bits per heavy atom. The molecule has 0 bridgehead atoms. The zero-order chi connectivity index (χ0) is 10.1. The fraction of sp³-hybridized carbons (Fsp3) is 0.143. The van der Waals surface area contributed by atoms with Crippen molar-refractivity contribution < 1.29 is 13.0 Å². The third-order valence-corrected chi connectivity index (χ3v) is 2.90. The van der Waals surface area contributed by atoms with Crippen LogP contribution in [-0.4, -0.2) is 42.5 Å². The fourth-order valence-electron chi connectivity index (χ4n) is 0.856. The minimum absolute atomic E-state index is 0. The van der Waals surface area contributed by atoms with E-state index >= 15 is 0 Å². The van der Waals surface area contributed by atoms with Crippen molar-refractivity contribution in [1.29, 1.82) is 0 Å². The second kappa shape index (κ2) is 5.70. The minimum Gasteiger partial charge on any atom is -0.285 e. The first-order valence-electron chi connectivity index (χ1n) is 3.28. The number of rotatable bonds is 2. The first-order valence-corrected chi connectivity index (χ1v) is 5.65. The van der Waals surface area contributed by atoms with E-state index < -0.39 is 15.9 Å². The van der Waals surface area contributed by atoms with Gasteiger partial charge in [-0.3, -0.25) is 4.55 Å². The summed E-state index contributed by atoms with van der Waals surface area (Å²) in [6.45, 7) is 0. The van der Waals surface area contributed by atoms with Crippen molar-refractivity contribution in [3.8, 4) is 0 Å². The molecule has 0 spiro atoms. The Labute approximate surface area is 114 Å². The molecule has 0 fully saturated rings. The zero-order valence-electron chi connectivity index (χ0n) is 7.37. The summed E-state index contributed by atoms with van der Waals surface area (Å²) in [6, 6.07) is 4.59. The summed E-state index contributed by atoms with van der Waals surface area (Å²) in [4.78, 5) is 0. The van der Waals surface area contributed by atoms with Crippen LogP contribution in [0.2, 0.25) is 10.0 Å². The van der Waals surface area contributed by atoms with E-state index in [2.05, 4.69) is 0 Å². The van der Waals surface area contributed by atoms with E-state index in [4.69, 9.17) is 27.8 Å². The number of halogens is 2. The van der Waals surface area contributed by atoms with E-state index in [1.807, 2.05) is 0 Å². The van der Waals surface area contributed by atoms with Gasteiger partial charge in [0.05, 0.1) is 10.0 Å². The Bertz CT molecular complexity index is 419. The van der Waals surface area contributed by atoms with Crippen LogP contribution in [0.15, 0.2) is 18.2 Å². The first-order chi connectivity index (χ1) is 5.90. The molecule has 0 heterocycles. The third-order valence-electron chi connectivity index (χ3n) is 1.37. The van der Waals surface area contributed by atoms with Gasteiger partial charge in [-0.2, -0.15) is 8.42 Å². The Morgan fingerprint density at radius 3 is 2.36 bits per heavy atom. The average molecular weight is 264 g/mol. The smallest absolute Gasteiger partial charge is 0.269 e. The van der Waals surface area contributed by atoms with Gasteiger partial charge in [-0.05, 0) is 11.6 Å². The maximum Gasteiger partial charge on any atom is 0.269 e. The van der Waals surface area contributed by atoms with E-state index in [0.717, 1.165) is 0 Å². The van der Waals surface area contributed by atoms with Gasteiger partial charge in [0.25, 0.3) is 10.1 Å². The van der Waals surface area contributed by atoms with Crippen LogP contribution in [0.3, 0.4) is 0 Å². The quantitative estimate of drug-likeness (QED) is 0.656. The largest absolute Gasteiger partial charge is 0.285 e. The Kier molecular flexibility index (Phi) is 5.99. The van der Waals surface area contributed by atoms with Crippen LogP contribution in [0.1, 0.15) is 5.56 Å². The summed E-state index contributed by atoms with van der Waals surface area (Å²) in [7, 11) is -4.06. The van der Waals surface area contributed by atoms with Gasteiger partial charge >= 0.3 is 0 Å². The molecule has 7 heteroatoms. The molecule has 0 aliphatic rings. The summed E-state index contributed by atoms with van der Waals surface area (Å²) in [6.07, 6.45) is 0. The Hall–Kier alpha value is 0.710. The van der Waals surface area contributed by atoms with Crippen molar-refractivity contribution in [2.24, 2.45) is 0 Å². The van der Waals surface area contributed by atoms with Gasteiger partial charge in [0.15, 0.2) is 0 Å². The van der Waals surface area contributed by atoms with E-state index in [1.165, 1.54) is 12.1 Å². The molecule has 1 aromatic carbocycles. The molecule has 1 aromatic rings. The third kappa shape index (κ3) is 4.49. The molecular weight excluding hydrogens is 258 g/mol. The molecule has 14 heavy (non-hydrogen) atoms. The van der Waals surface area contributed by atoms with E-state index in [1.54, 1.807) is 6.07 Å². The average Bonchev–Trinajstić information content (AvgIpc) is 1.96. The molecule has 0 saturated carbocycles. The van der Waals surface area contributed by atoms with Crippen molar-refractivity contribution >= 4 is 62.9 Å². The fourth-order valence-corrected chi connectivity index (χ4v) is 1.96. The maximum atomic E-state index is 10.5. The van der Waals surface area contributed by atoms with Crippen LogP contribution in [0, 0.1) is 0 Å². The SMILES string of the molecule is O=S(=O)(O)Cc1cccc(Cl)c1Cl.[Na]. The van der Waals surface area contributed by atoms with E-state index in [9.17, 15) is 8.42 Å². The predicted octanol–water partition coefficient (Wildman–Crippen LogP) is 2.00. The van der Waals surface area contributed by atoms with E-state index in [-0.39, 0.29) is 45.2 Å². The molecule has 1 radical (unpaired) electrons. The van der Waals surface area contributed by atoms with Gasteiger partial charge in [-0.1, -0.05) is 35.3 Å². The molecule has 0 saturated heterocycles. The van der Waals surface area contributed by atoms with Gasteiger partial charge < -0.3 is 0 Å². The van der Waals surface area contributed by atoms with Crippen molar-refractivity contribution in [3.05, 3.63) is 33.8 Å². The van der Waals surface area contributed by atoms with Crippen molar-refractivity contribution in [1.82, 2.24) is 0 Å². The predicted molar refractivity (Wildman–Crippen MR) is 57.5 cm³/mol. The van der Waals surface area contributed by atoms with Crippen LogP contribution in [0.4, 0.5) is 0 Å². The van der Waals surface area contributed by atoms with Gasteiger partial charge in [0.2, 0.25) is 0 Å². The molecule has 0 aromatic heterocycles. The molecule has 1 N–H and O–H groups in total. The van der Waals surface area contributed by atoms with Crippen LogP contribution >= 0.6 is 23.2 Å². The Balaban J connectivity index is 0.00000169. The number of benzene rings is 1. The van der Waals surface area contributed by atoms with Gasteiger partial charge in [-0.15, -0.1) is 0 Å². The molecule has 0 unspecified atom stereocenters. The summed E-state index contributed by atoms with van der Waals surface area (Å²) in [5.74, 6) is -0.521. The molecule has 73 valence electrons. The van der Waals surface area contributed by atoms with Crippen molar-refractivity contribution in [3.63, 3.8) is 0 Å². The van der Waals surface area contributed by atoms with Crippen molar-refractivity contribution in [2.45, 2.75) is 5.75 Å². The molecule has 0 aliphatic carbocycles. The normalized spacial score (nSPS) is 10.8. The number of hydrogen-bond acceptors (Lipinski definition) is 2. The van der Waals surface area contributed by atoms with Crippen LogP contribution < -0.4 is 0 Å². The van der Waals surface area contributed by atoms with Gasteiger partial charge in [0, 0.05) is 29.6 Å². The first kappa shape index (κ1) is 14.7. The van der Waals surface area contributed by atoms with E-state index in [0.29, 0.717) is 0 Å². The van der Waals surface area contributed by atoms with Gasteiger partial charge in [0.1, 0.15) is 5.75 Å². The molecular formula is C7H6Cl2NaO3S. The van der Waals surface area contributed by atoms with Crippen LogP contribution in [0.25, 0.3) is 0 Å². The maximum absolute atomic E-state index is 10.5. The standard InChI is InChI=1S/C7H6Cl2O3S.Na/c8-6-3-1-2-5(7(6)9)4-13(10,11)12;/h1-3H,4H2,(H,10,11,12);. The topological polar surface area (TPSA) is 54.4 Å².